The van der Waals surface area contributed by atoms with E-state index in [2.05, 4.69) is 20.8 Å². The highest BCUT2D eigenvalue weighted by atomic mass is 14.7. The van der Waals surface area contributed by atoms with E-state index >= 15 is 0 Å². The third-order valence-electron chi connectivity index (χ3n) is 1.86. The molecule has 8 heavy (non-hydrogen) atoms. The monoisotopic (exact) mass is 114 g/mol. The summed E-state index contributed by atoms with van der Waals surface area (Å²) in [6, 6.07) is 0. The van der Waals surface area contributed by atoms with Crippen LogP contribution in [-0.2, 0) is 0 Å². The van der Waals surface area contributed by atoms with Crippen LogP contribution in [0.5, 0.6) is 0 Å². The van der Waals surface area contributed by atoms with Crippen molar-refractivity contribution in [2.45, 2.75) is 32.7 Å². The van der Waals surface area contributed by atoms with Gasteiger partial charge in [0.15, 0.2) is 0 Å². The van der Waals surface area contributed by atoms with Gasteiger partial charge in [-0.25, -0.2) is 0 Å². The van der Waals surface area contributed by atoms with Crippen LogP contribution in [0.2, 0.25) is 0 Å². The van der Waals surface area contributed by atoms with Gasteiger partial charge in [0.2, 0.25) is 0 Å². The molecule has 0 heterocycles. The first kappa shape index (κ1) is 7.96. The summed E-state index contributed by atoms with van der Waals surface area (Å²) in [6.07, 6.45) is 0.810. The maximum absolute atomic E-state index is 5.80. The molecule has 1 nitrogen and oxygen atoms in total. The standard InChI is InChI=1S/C7H16N/c1-5-7(4,8)6(2)3/h6H,1,5,8H2,2-4H3. The van der Waals surface area contributed by atoms with E-state index in [-0.39, 0.29) is 5.54 Å². The van der Waals surface area contributed by atoms with Crippen molar-refractivity contribution < 1.29 is 0 Å². The molecule has 0 aliphatic carbocycles. The molecule has 0 aliphatic heterocycles. The minimum atomic E-state index is -0.0694. The maximum atomic E-state index is 5.80. The Morgan fingerprint density at radius 1 is 1.62 bits per heavy atom. The largest absolute Gasteiger partial charge is 0.325 e. The van der Waals surface area contributed by atoms with E-state index in [0.717, 1.165) is 6.42 Å². The van der Waals surface area contributed by atoms with Crippen LogP contribution in [0.3, 0.4) is 0 Å². The third-order valence-corrected chi connectivity index (χ3v) is 1.86. The second-order valence-electron chi connectivity index (χ2n) is 2.91. The van der Waals surface area contributed by atoms with Gasteiger partial charge in [0, 0.05) is 5.54 Å². The fourth-order valence-electron chi connectivity index (χ4n) is 0.289. The zero-order valence-electron chi connectivity index (χ0n) is 6.07. The van der Waals surface area contributed by atoms with Crippen molar-refractivity contribution in [1.82, 2.24) is 0 Å². The summed E-state index contributed by atoms with van der Waals surface area (Å²) >= 11 is 0. The van der Waals surface area contributed by atoms with Crippen LogP contribution in [0.4, 0.5) is 0 Å². The van der Waals surface area contributed by atoms with Gasteiger partial charge >= 0.3 is 0 Å². The van der Waals surface area contributed by atoms with Gasteiger partial charge in [-0.05, 0) is 19.3 Å². The number of hydrogen-bond donors (Lipinski definition) is 1. The van der Waals surface area contributed by atoms with Crippen LogP contribution < -0.4 is 5.73 Å². The number of rotatable bonds is 2. The lowest BCUT2D eigenvalue weighted by Crippen LogP contribution is -2.40. The van der Waals surface area contributed by atoms with Gasteiger partial charge in [-0.15, -0.1) is 0 Å². The molecular weight excluding hydrogens is 98.1 g/mol. The SMILES string of the molecule is [CH2]CC(C)(N)C(C)C. The van der Waals surface area contributed by atoms with Gasteiger partial charge in [-0.2, -0.15) is 0 Å². The topological polar surface area (TPSA) is 26.0 Å². The Bertz CT molecular complexity index is 64.8. The van der Waals surface area contributed by atoms with E-state index in [0.29, 0.717) is 5.92 Å². The quantitative estimate of drug-likeness (QED) is 0.579. The highest BCUT2D eigenvalue weighted by Crippen LogP contribution is 2.15. The molecule has 0 aromatic rings. The van der Waals surface area contributed by atoms with Crippen LogP contribution in [-0.4, -0.2) is 5.54 Å². The summed E-state index contributed by atoms with van der Waals surface area (Å²) in [7, 11) is 0. The van der Waals surface area contributed by atoms with Crippen molar-refractivity contribution in [1.29, 1.82) is 0 Å². The molecular formula is C7H16N. The zero-order valence-corrected chi connectivity index (χ0v) is 6.07. The average Bonchev–Trinajstić information content (AvgIpc) is 1.67. The lowest BCUT2D eigenvalue weighted by atomic mass is 9.87. The summed E-state index contributed by atoms with van der Waals surface area (Å²) in [5.74, 6) is 0.528. The highest BCUT2D eigenvalue weighted by Gasteiger charge is 2.19. The molecule has 0 bridgehead atoms. The summed E-state index contributed by atoms with van der Waals surface area (Å²) in [5.41, 5.74) is 5.73. The van der Waals surface area contributed by atoms with Crippen LogP contribution in [0, 0.1) is 12.8 Å². The molecule has 0 fully saturated rings. The fraction of sp³-hybridized carbons (Fsp3) is 0.857. The summed E-state index contributed by atoms with van der Waals surface area (Å²) in [5, 5.41) is 0. The molecule has 1 radical (unpaired) electrons. The number of nitrogens with two attached hydrogens (primary N) is 1. The molecule has 1 unspecified atom stereocenters. The van der Waals surface area contributed by atoms with E-state index in [4.69, 9.17) is 5.73 Å². The molecule has 0 aromatic heterocycles. The molecule has 0 saturated carbocycles. The first-order valence-corrected chi connectivity index (χ1v) is 3.09. The van der Waals surface area contributed by atoms with Crippen LogP contribution >= 0.6 is 0 Å². The van der Waals surface area contributed by atoms with E-state index in [1.807, 2.05) is 6.92 Å². The Morgan fingerprint density at radius 2 is 2.00 bits per heavy atom. The predicted molar refractivity (Wildman–Crippen MR) is 37.4 cm³/mol. The van der Waals surface area contributed by atoms with E-state index in [1.165, 1.54) is 0 Å². The second-order valence-corrected chi connectivity index (χ2v) is 2.91. The first-order chi connectivity index (χ1) is 3.50. The van der Waals surface area contributed by atoms with Crippen molar-refractivity contribution >= 4 is 0 Å². The normalized spacial score (nSPS) is 18.8. The van der Waals surface area contributed by atoms with Gasteiger partial charge < -0.3 is 5.73 Å². The molecule has 0 saturated heterocycles. The van der Waals surface area contributed by atoms with E-state index in [1.54, 1.807) is 0 Å². The molecule has 2 N–H and O–H groups in total. The van der Waals surface area contributed by atoms with E-state index < -0.39 is 0 Å². The molecule has 49 valence electrons. The van der Waals surface area contributed by atoms with Crippen molar-refractivity contribution in [2.75, 3.05) is 0 Å². The fourth-order valence-corrected chi connectivity index (χ4v) is 0.289. The molecule has 1 atom stereocenters. The van der Waals surface area contributed by atoms with Crippen molar-refractivity contribution in [2.24, 2.45) is 11.7 Å². The molecule has 0 aromatic carbocycles. The molecule has 0 aliphatic rings. The van der Waals surface area contributed by atoms with E-state index in [9.17, 15) is 0 Å². The highest BCUT2D eigenvalue weighted by molar-refractivity contribution is 4.82. The minimum Gasteiger partial charge on any atom is -0.325 e. The van der Waals surface area contributed by atoms with Crippen LogP contribution in [0.15, 0.2) is 0 Å². The maximum Gasteiger partial charge on any atom is 0.0149 e. The van der Waals surface area contributed by atoms with Gasteiger partial charge in [-0.3, -0.25) is 0 Å². The summed E-state index contributed by atoms with van der Waals surface area (Å²) < 4.78 is 0. The minimum absolute atomic E-state index is 0.0694. The van der Waals surface area contributed by atoms with Gasteiger partial charge in [0.1, 0.15) is 0 Å². The van der Waals surface area contributed by atoms with Crippen molar-refractivity contribution in [3.63, 3.8) is 0 Å². The summed E-state index contributed by atoms with van der Waals surface area (Å²) in [6.45, 7) is 10.0. The van der Waals surface area contributed by atoms with Crippen molar-refractivity contribution in [3.05, 3.63) is 6.92 Å². The Kier molecular flexibility index (Phi) is 2.48. The molecule has 0 amide bonds. The summed E-state index contributed by atoms with van der Waals surface area (Å²) in [4.78, 5) is 0. The van der Waals surface area contributed by atoms with Gasteiger partial charge in [0.25, 0.3) is 0 Å². The van der Waals surface area contributed by atoms with Crippen LogP contribution in [0.25, 0.3) is 0 Å². The third kappa shape index (κ3) is 1.83. The number of hydrogen-bond acceptors (Lipinski definition) is 1. The smallest absolute Gasteiger partial charge is 0.0149 e. The van der Waals surface area contributed by atoms with Gasteiger partial charge in [-0.1, -0.05) is 20.8 Å². The first-order valence-electron chi connectivity index (χ1n) is 3.09. The molecule has 0 rings (SSSR count). The Balaban J connectivity index is 3.71. The average molecular weight is 114 g/mol. The van der Waals surface area contributed by atoms with Crippen molar-refractivity contribution in [3.8, 4) is 0 Å². The Morgan fingerprint density at radius 3 is 2.00 bits per heavy atom. The predicted octanol–water partition coefficient (Wildman–Crippen LogP) is 1.58. The lowest BCUT2D eigenvalue weighted by molar-refractivity contribution is 0.342. The van der Waals surface area contributed by atoms with Crippen LogP contribution in [0.1, 0.15) is 27.2 Å². The molecule has 1 heteroatoms. The zero-order chi connectivity index (χ0) is 6.78. The molecule has 0 spiro atoms. The van der Waals surface area contributed by atoms with Gasteiger partial charge in [0.05, 0.1) is 0 Å². The Hall–Kier alpha value is -0.0400. The second kappa shape index (κ2) is 2.49. The lowest BCUT2D eigenvalue weighted by Gasteiger charge is -2.26. The Labute approximate surface area is 52.3 Å².